The molecule has 25 heavy (non-hydrogen) atoms. The van der Waals surface area contributed by atoms with Crippen molar-refractivity contribution < 1.29 is 18.9 Å². The lowest BCUT2D eigenvalue weighted by Crippen LogP contribution is -2.86. The Hall–Kier alpha value is -2.43. The van der Waals surface area contributed by atoms with Gasteiger partial charge in [0.15, 0.2) is 6.54 Å². The van der Waals surface area contributed by atoms with E-state index in [1.54, 1.807) is 24.4 Å². The van der Waals surface area contributed by atoms with Crippen molar-refractivity contribution in [2.75, 3.05) is 17.6 Å². The molecule has 3 N–H and O–H groups in total. The molecule has 0 spiro atoms. The first kappa shape index (κ1) is 18.9. The first-order chi connectivity index (χ1) is 12.0. The fourth-order valence-electron chi connectivity index (χ4n) is 2.29. The normalized spacial score (nSPS) is 11.6. The Labute approximate surface area is 149 Å². The highest BCUT2D eigenvalue weighted by atomic mass is 32.2. The van der Waals surface area contributed by atoms with E-state index in [2.05, 4.69) is 5.32 Å². The van der Waals surface area contributed by atoms with Crippen LogP contribution in [-0.2, 0) is 4.79 Å². The van der Waals surface area contributed by atoms with Gasteiger partial charge in [0.2, 0.25) is 0 Å². The zero-order valence-corrected chi connectivity index (χ0v) is 14.4. The molecule has 1 atom stereocenters. The summed E-state index contributed by atoms with van der Waals surface area (Å²) in [6, 6.07) is 12.4. The van der Waals surface area contributed by atoms with Crippen LogP contribution in [0.15, 0.2) is 47.4 Å². The van der Waals surface area contributed by atoms with E-state index in [0.29, 0.717) is 17.0 Å². The molecule has 1 amide bonds. The van der Waals surface area contributed by atoms with Gasteiger partial charge in [-0.1, -0.05) is 12.1 Å². The standard InChI is InChI=1S/C18H17F2N3OS/c1-12(14-7-6-13(19)10-15(14)20)22-11-18(24)23-16-4-2-3-5-17(16)25-9-8-21/h2-7,10,12,22H,9,11H2,1H3,(H,23,24)/p+1/t12-/m0/s1. The van der Waals surface area contributed by atoms with E-state index in [1.807, 2.05) is 18.2 Å². The van der Waals surface area contributed by atoms with Crippen LogP contribution in [0.4, 0.5) is 14.5 Å². The molecule has 2 aromatic carbocycles. The van der Waals surface area contributed by atoms with Crippen LogP contribution in [0, 0.1) is 23.0 Å². The second kappa shape index (κ2) is 9.16. The molecule has 0 heterocycles. The molecule has 0 aliphatic heterocycles. The molecule has 4 nitrogen and oxygen atoms in total. The number of thioether (sulfide) groups is 1. The number of amides is 1. The number of carbonyl (C=O) groups excluding carboxylic acids is 1. The van der Waals surface area contributed by atoms with E-state index in [-0.39, 0.29) is 18.5 Å². The monoisotopic (exact) mass is 362 g/mol. The van der Waals surface area contributed by atoms with Gasteiger partial charge < -0.3 is 10.6 Å². The molecular formula is C18H18F2N3OS+. The lowest BCUT2D eigenvalue weighted by atomic mass is 10.1. The molecule has 0 unspecified atom stereocenters. The maximum absolute atomic E-state index is 13.8. The number of nitrogens with one attached hydrogen (secondary N) is 1. The van der Waals surface area contributed by atoms with Crippen LogP contribution in [0.2, 0.25) is 0 Å². The summed E-state index contributed by atoms with van der Waals surface area (Å²) in [5.74, 6) is -1.20. The average Bonchev–Trinajstić information content (AvgIpc) is 2.59. The minimum absolute atomic E-state index is 0.0925. The third-order valence-electron chi connectivity index (χ3n) is 3.56. The molecule has 7 heteroatoms. The number of nitriles is 1. The summed E-state index contributed by atoms with van der Waals surface area (Å²) < 4.78 is 26.7. The summed E-state index contributed by atoms with van der Waals surface area (Å²) in [6.07, 6.45) is 0. The van der Waals surface area contributed by atoms with Gasteiger partial charge in [0, 0.05) is 16.5 Å². The minimum Gasteiger partial charge on any atom is -0.332 e. The number of nitrogens with zero attached hydrogens (tertiary/aromatic N) is 1. The van der Waals surface area contributed by atoms with Gasteiger partial charge in [-0.05, 0) is 31.2 Å². The third-order valence-corrected chi connectivity index (χ3v) is 4.50. The van der Waals surface area contributed by atoms with E-state index in [1.165, 1.54) is 23.9 Å². The van der Waals surface area contributed by atoms with Gasteiger partial charge >= 0.3 is 0 Å². The second-order valence-electron chi connectivity index (χ2n) is 5.39. The van der Waals surface area contributed by atoms with Crippen LogP contribution in [0.3, 0.4) is 0 Å². The molecule has 0 aliphatic carbocycles. The van der Waals surface area contributed by atoms with E-state index in [0.717, 1.165) is 11.0 Å². The second-order valence-corrected chi connectivity index (χ2v) is 6.40. The Morgan fingerprint density at radius 2 is 2.08 bits per heavy atom. The zero-order chi connectivity index (χ0) is 18.2. The van der Waals surface area contributed by atoms with Gasteiger partial charge in [-0.15, -0.1) is 11.8 Å². The number of benzene rings is 2. The van der Waals surface area contributed by atoms with Gasteiger partial charge in [0.1, 0.15) is 17.7 Å². The SMILES string of the molecule is C[C@H]([NH2+]CC(=O)Nc1ccccc1SCC#N)c1ccc(F)cc1F. The highest BCUT2D eigenvalue weighted by Gasteiger charge is 2.16. The van der Waals surface area contributed by atoms with Crippen molar-refractivity contribution in [2.24, 2.45) is 0 Å². The lowest BCUT2D eigenvalue weighted by molar-refractivity contribution is -0.682. The number of quaternary nitrogens is 1. The van der Waals surface area contributed by atoms with E-state index in [4.69, 9.17) is 5.26 Å². The van der Waals surface area contributed by atoms with Crippen LogP contribution < -0.4 is 10.6 Å². The van der Waals surface area contributed by atoms with Gasteiger partial charge in [-0.25, -0.2) is 8.78 Å². The fraction of sp³-hybridized carbons (Fsp3) is 0.222. The molecule has 0 aliphatic rings. The molecule has 0 bridgehead atoms. The summed E-state index contributed by atoms with van der Waals surface area (Å²) in [5.41, 5.74) is 0.987. The highest BCUT2D eigenvalue weighted by molar-refractivity contribution is 7.99. The molecule has 0 fully saturated rings. The first-order valence-electron chi connectivity index (χ1n) is 7.68. The Morgan fingerprint density at radius 3 is 2.80 bits per heavy atom. The summed E-state index contributed by atoms with van der Waals surface area (Å²) in [7, 11) is 0. The van der Waals surface area contributed by atoms with Gasteiger partial charge in [0.05, 0.1) is 17.5 Å². The Balaban J connectivity index is 1.94. The third kappa shape index (κ3) is 5.55. The highest BCUT2D eigenvalue weighted by Crippen LogP contribution is 2.26. The molecule has 130 valence electrons. The van der Waals surface area contributed by atoms with Crippen molar-refractivity contribution in [1.82, 2.24) is 0 Å². The number of nitrogens with two attached hydrogens (primary N) is 1. The number of hydrogen-bond donors (Lipinski definition) is 2. The van der Waals surface area contributed by atoms with Crippen molar-refractivity contribution in [1.29, 1.82) is 5.26 Å². The van der Waals surface area contributed by atoms with Crippen molar-refractivity contribution in [3.05, 3.63) is 59.7 Å². The Kier molecular flexibility index (Phi) is 6.92. The van der Waals surface area contributed by atoms with Crippen LogP contribution in [-0.4, -0.2) is 18.2 Å². The molecule has 2 aromatic rings. The number of rotatable bonds is 7. The maximum Gasteiger partial charge on any atom is 0.279 e. The topological polar surface area (TPSA) is 69.5 Å². The number of halogens is 2. The summed E-state index contributed by atoms with van der Waals surface area (Å²) in [5, 5.41) is 13.1. The van der Waals surface area contributed by atoms with Crippen LogP contribution >= 0.6 is 11.8 Å². The predicted octanol–water partition coefficient (Wildman–Crippen LogP) is 2.84. The molecule has 0 aromatic heterocycles. The maximum atomic E-state index is 13.8. The lowest BCUT2D eigenvalue weighted by Gasteiger charge is -2.13. The van der Waals surface area contributed by atoms with Gasteiger partial charge in [-0.2, -0.15) is 5.26 Å². The van der Waals surface area contributed by atoms with Crippen molar-refractivity contribution >= 4 is 23.4 Å². The molecule has 0 saturated carbocycles. The summed E-state index contributed by atoms with van der Waals surface area (Å²) >= 11 is 1.34. The first-order valence-corrected chi connectivity index (χ1v) is 8.66. The number of hydrogen-bond acceptors (Lipinski definition) is 3. The van der Waals surface area contributed by atoms with Crippen LogP contribution in [0.25, 0.3) is 0 Å². The molecular weight excluding hydrogens is 344 g/mol. The average molecular weight is 362 g/mol. The molecule has 0 saturated heterocycles. The van der Waals surface area contributed by atoms with Gasteiger partial charge in [-0.3, -0.25) is 4.79 Å². The Morgan fingerprint density at radius 1 is 1.32 bits per heavy atom. The van der Waals surface area contributed by atoms with E-state index in [9.17, 15) is 13.6 Å². The smallest absolute Gasteiger partial charge is 0.279 e. The number of carbonyl (C=O) groups is 1. The van der Waals surface area contributed by atoms with E-state index < -0.39 is 11.6 Å². The number of para-hydroxylation sites is 1. The largest absolute Gasteiger partial charge is 0.332 e. The number of anilines is 1. The molecule has 2 rings (SSSR count). The van der Waals surface area contributed by atoms with Crippen molar-refractivity contribution in [3.63, 3.8) is 0 Å². The zero-order valence-electron chi connectivity index (χ0n) is 13.6. The Bertz CT molecular complexity index is 792. The summed E-state index contributed by atoms with van der Waals surface area (Å²) in [6.45, 7) is 1.84. The predicted molar refractivity (Wildman–Crippen MR) is 93.0 cm³/mol. The summed E-state index contributed by atoms with van der Waals surface area (Å²) in [4.78, 5) is 13.0. The van der Waals surface area contributed by atoms with E-state index >= 15 is 0 Å². The van der Waals surface area contributed by atoms with Crippen molar-refractivity contribution in [3.8, 4) is 6.07 Å². The van der Waals surface area contributed by atoms with Crippen molar-refractivity contribution in [2.45, 2.75) is 17.9 Å². The van der Waals surface area contributed by atoms with Crippen LogP contribution in [0.5, 0.6) is 0 Å². The van der Waals surface area contributed by atoms with Gasteiger partial charge in [0.25, 0.3) is 5.91 Å². The fourth-order valence-corrected chi connectivity index (χ4v) is 2.96. The minimum atomic E-state index is -0.627. The quantitative estimate of drug-likeness (QED) is 0.744. The van der Waals surface area contributed by atoms with Crippen LogP contribution in [0.1, 0.15) is 18.5 Å². The molecule has 0 radical (unpaired) electrons.